The molecule has 0 bridgehead atoms. The number of fused-ring (bicyclic) bond motifs is 6. The molecule has 0 radical (unpaired) electrons. The summed E-state index contributed by atoms with van der Waals surface area (Å²) in [5.41, 5.74) is 16.1. The molecule has 0 saturated carbocycles. The first-order valence-electron chi connectivity index (χ1n) is 18.3. The number of anilines is 3. The second kappa shape index (κ2) is 11.6. The Labute approximate surface area is 299 Å². The van der Waals surface area contributed by atoms with Crippen LogP contribution >= 0.6 is 0 Å². The number of rotatable bonds is 5. The zero-order valence-electron chi connectivity index (χ0n) is 29.1. The Morgan fingerprint density at radius 1 is 0.510 bits per heavy atom. The van der Waals surface area contributed by atoms with E-state index in [2.05, 4.69) is 164 Å². The number of hydrogen-bond donors (Lipinski definition) is 0. The molecule has 1 aromatic heterocycles. The van der Waals surface area contributed by atoms with Gasteiger partial charge in [0.15, 0.2) is 0 Å². The molecule has 2 aliphatic carbocycles. The van der Waals surface area contributed by atoms with Gasteiger partial charge in [-0.15, -0.1) is 0 Å². The van der Waals surface area contributed by atoms with Crippen LogP contribution in [0.25, 0.3) is 60.5 Å². The highest BCUT2D eigenvalue weighted by molar-refractivity contribution is 6.09. The van der Waals surface area contributed by atoms with Crippen molar-refractivity contribution in [3.63, 3.8) is 0 Å². The van der Waals surface area contributed by atoms with Gasteiger partial charge in [-0.3, -0.25) is 0 Å². The van der Waals surface area contributed by atoms with Crippen LogP contribution in [0, 0.1) is 0 Å². The van der Waals surface area contributed by atoms with Crippen molar-refractivity contribution in [1.82, 2.24) is 0 Å². The molecule has 0 N–H and O–H groups in total. The van der Waals surface area contributed by atoms with Crippen LogP contribution in [0.1, 0.15) is 50.7 Å². The van der Waals surface area contributed by atoms with Crippen molar-refractivity contribution in [3.05, 3.63) is 168 Å². The minimum atomic E-state index is 0.0116. The highest BCUT2D eigenvalue weighted by atomic mass is 16.3. The van der Waals surface area contributed by atoms with Crippen molar-refractivity contribution in [3.8, 4) is 22.3 Å². The molecular formula is C49H39NO. The molecule has 10 rings (SSSR count). The first-order valence-corrected chi connectivity index (χ1v) is 18.3. The van der Waals surface area contributed by atoms with E-state index >= 15 is 0 Å². The second-order valence-corrected chi connectivity index (χ2v) is 14.8. The van der Waals surface area contributed by atoms with Crippen LogP contribution in [0.2, 0.25) is 0 Å². The Kier molecular flexibility index (Phi) is 6.83. The summed E-state index contributed by atoms with van der Waals surface area (Å²) in [5, 5.41) is 4.78. The SMILES string of the molecule is CC1(C)C2=C(CCCC2)c2ccc(N(c3ccc(-c4ccc5ccccc5c4)cc3)c3cc4oc5ccccc5c4cc3-c3ccccc3)cc21. The summed E-state index contributed by atoms with van der Waals surface area (Å²) < 4.78 is 6.56. The molecule has 0 unspecified atom stereocenters. The van der Waals surface area contributed by atoms with E-state index in [4.69, 9.17) is 4.42 Å². The van der Waals surface area contributed by atoms with E-state index in [0.29, 0.717) is 0 Å². The van der Waals surface area contributed by atoms with E-state index in [-0.39, 0.29) is 5.41 Å². The largest absolute Gasteiger partial charge is 0.456 e. The van der Waals surface area contributed by atoms with E-state index in [1.807, 2.05) is 6.07 Å². The summed E-state index contributed by atoms with van der Waals surface area (Å²) in [6.07, 6.45) is 4.96. The molecule has 0 spiro atoms. The third kappa shape index (κ3) is 4.85. The Bertz CT molecular complexity index is 2660. The van der Waals surface area contributed by atoms with Crippen LogP contribution < -0.4 is 4.90 Å². The van der Waals surface area contributed by atoms with Crippen molar-refractivity contribution < 1.29 is 4.42 Å². The van der Waals surface area contributed by atoms with Gasteiger partial charge < -0.3 is 9.32 Å². The molecule has 8 aromatic rings. The Balaban J connectivity index is 1.19. The monoisotopic (exact) mass is 657 g/mol. The van der Waals surface area contributed by atoms with Crippen LogP contribution in [0.4, 0.5) is 17.1 Å². The predicted octanol–water partition coefficient (Wildman–Crippen LogP) is 14.2. The third-order valence-electron chi connectivity index (χ3n) is 11.5. The van der Waals surface area contributed by atoms with Crippen LogP contribution in [0.5, 0.6) is 0 Å². The summed E-state index contributed by atoms with van der Waals surface area (Å²) in [4.78, 5) is 2.45. The first kappa shape index (κ1) is 30.0. The van der Waals surface area contributed by atoms with Gasteiger partial charge in [0, 0.05) is 39.2 Å². The molecule has 1 heterocycles. The van der Waals surface area contributed by atoms with E-state index in [1.165, 1.54) is 69.8 Å². The van der Waals surface area contributed by atoms with Gasteiger partial charge in [-0.1, -0.05) is 123 Å². The highest BCUT2D eigenvalue weighted by Crippen LogP contribution is 2.54. The summed E-state index contributed by atoms with van der Waals surface area (Å²) in [7, 11) is 0. The molecule has 2 heteroatoms. The summed E-state index contributed by atoms with van der Waals surface area (Å²) in [6.45, 7) is 4.86. The van der Waals surface area contributed by atoms with Gasteiger partial charge in [0.2, 0.25) is 0 Å². The van der Waals surface area contributed by atoms with Crippen LogP contribution in [-0.2, 0) is 5.41 Å². The highest BCUT2D eigenvalue weighted by Gasteiger charge is 2.39. The zero-order valence-corrected chi connectivity index (χ0v) is 29.1. The van der Waals surface area contributed by atoms with Gasteiger partial charge in [0.25, 0.3) is 0 Å². The van der Waals surface area contributed by atoms with E-state index in [9.17, 15) is 0 Å². The van der Waals surface area contributed by atoms with Gasteiger partial charge in [0.1, 0.15) is 11.2 Å². The second-order valence-electron chi connectivity index (χ2n) is 14.8. The average Bonchev–Trinajstić information content (AvgIpc) is 3.66. The maximum Gasteiger partial charge on any atom is 0.137 e. The van der Waals surface area contributed by atoms with Crippen LogP contribution in [-0.4, -0.2) is 0 Å². The number of furan rings is 1. The topological polar surface area (TPSA) is 16.4 Å². The molecule has 0 aliphatic heterocycles. The number of benzene rings is 7. The van der Waals surface area contributed by atoms with Gasteiger partial charge in [-0.2, -0.15) is 0 Å². The fourth-order valence-corrected chi connectivity index (χ4v) is 8.90. The van der Waals surface area contributed by atoms with Crippen molar-refractivity contribution in [2.24, 2.45) is 0 Å². The minimum absolute atomic E-state index is 0.0116. The van der Waals surface area contributed by atoms with Crippen molar-refractivity contribution in [2.75, 3.05) is 4.90 Å². The maximum atomic E-state index is 6.56. The first-order chi connectivity index (χ1) is 25.0. The summed E-state index contributed by atoms with van der Waals surface area (Å²) >= 11 is 0. The Morgan fingerprint density at radius 2 is 1.24 bits per heavy atom. The van der Waals surface area contributed by atoms with E-state index < -0.39 is 0 Å². The molecule has 0 atom stereocenters. The molecule has 0 fully saturated rings. The lowest BCUT2D eigenvalue weighted by Gasteiger charge is -2.30. The van der Waals surface area contributed by atoms with Crippen LogP contribution in [0.3, 0.4) is 0 Å². The third-order valence-corrected chi connectivity index (χ3v) is 11.5. The quantitative estimate of drug-likeness (QED) is 0.183. The lowest BCUT2D eigenvalue weighted by Crippen LogP contribution is -2.19. The van der Waals surface area contributed by atoms with Crippen molar-refractivity contribution in [1.29, 1.82) is 0 Å². The molecule has 7 aromatic carbocycles. The minimum Gasteiger partial charge on any atom is -0.456 e. The number of nitrogens with zero attached hydrogens (tertiary/aromatic N) is 1. The molecule has 246 valence electrons. The van der Waals surface area contributed by atoms with Gasteiger partial charge in [0.05, 0.1) is 5.69 Å². The molecule has 2 nitrogen and oxygen atoms in total. The molecular weight excluding hydrogens is 619 g/mol. The summed E-state index contributed by atoms with van der Waals surface area (Å²) in [6, 6.07) is 55.4. The zero-order chi connectivity index (χ0) is 34.1. The van der Waals surface area contributed by atoms with E-state index in [1.54, 1.807) is 11.1 Å². The van der Waals surface area contributed by atoms with Crippen molar-refractivity contribution in [2.45, 2.75) is 44.9 Å². The van der Waals surface area contributed by atoms with E-state index in [0.717, 1.165) is 39.0 Å². The standard InChI is InChI=1S/C49H39NO/c1-49(2)44-18-10-8-16-39(44)40-27-26-38(29-45(40)49)50(37-24-22-33(23-25-37)36-21-20-32-12-6-7-15-35(32)28-36)46-31-48-43(41-17-9-11-19-47(41)51-48)30-42(46)34-13-4-3-5-14-34/h3-7,9,11-15,17,19-31H,8,10,16,18H2,1-2H3. The number of allylic oxidation sites excluding steroid dienone is 2. The molecule has 51 heavy (non-hydrogen) atoms. The summed E-state index contributed by atoms with van der Waals surface area (Å²) in [5.74, 6) is 0. The maximum absolute atomic E-state index is 6.56. The fraction of sp³-hybridized carbons (Fsp3) is 0.143. The van der Waals surface area contributed by atoms with Crippen molar-refractivity contribution >= 4 is 55.3 Å². The average molecular weight is 658 g/mol. The molecule has 0 amide bonds. The normalized spacial score (nSPS) is 15.0. The lowest BCUT2D eigenvalue weighted by atomic mass is 9.77. The van der Waals surface area contributed by atoms with Crippen LogP contribution in [0.15, 0.2) is 162 Å². The van der Waals surface area contributed by atoms with Gasteiger partial charge >= 0.3 is 0 Å². The predicted molar refractivity (Wildman–Crippen MR) is 215 cm³/mol. The number of hydrogen-bond acceptors (Lipinski definition) is 2. The van der Waals surface area contributed by atoms with Gasteiger partial charge in [-0.25, -0.2) is 0 Å². The Morgan fingerprint density at radius 3 is 2.10 bits per heavy atom. The lowest BCUT2D eigenvalue weighted by molar-refractivity contribution is 0.574. The smallest absolute Gasteiger partial charge is 0.137 e. The molecule has 0 saturated heterocycles. The fourth-order valence-electron chi connectivity index (χ4n) is 8.90. The Hall–Kier alpha value is -5.86. The van der Waals surface area contributed by atoms with Gasteiger partial charge in [-0.05, 0) is 112 Å². The number of para-hydroxylation sites is 1. The molecule has 2 aliphatic rings.